The van der Waals surface area contributed by atoms with Gasteiger partial charge in [-0.2, -0.15) is 0 Å². The maximum atomic E-state index is 13.9. The summed E-state index contributed by atoms with van der Waals surface area (Å²) >= 11 is 5.72. The summed E-state index contributed by atoms with van der Waals surface area (Å²) in [4.78, 5) is 57.7. The van der Waals surface area contributed by atoms with Crippen LogP contribution in [0.2, 0.25) is 0 Å². The number of likely N-dealkylation sites (tertiary alicyclic amines) is 1. The Kier molecular flexibility index (Phi) is 7.15. The van der Waals surface area contributed by atoms with Crippen molar-refractivity contribution < 1.29 is 19.1 Å². The van der Waals surface area contributed by atoms with E-state index < -0.39 is 17.1 Å². The van der Waals surface area contributed by atoms with Crippen LogP contribution in [-0.4, -0.2) is 52.6 Å². The molecular formula is C28H26BrN3O5S2. The van der Waals surface area contributed by atoms with Crippen molar-refractivity contribution in [2.45, 2.75) is 42.0 Å². The number of hydrogen-bond acceptors (Lipinski definition) is 7. The summed E-state index contributed by atoms with van der Waals surface area (Å²) in [5, 5.41) is -0.109. The lowest BCUT2D eigenvalue weighted by molar-refractivity contribution is -0.133. The van der Waals surface area contributed by atoms with Crippen LogP contribution in [0.4, 0.5) is 5.69 Å². The third-order valence-corrected chi connectivity index (χ3v) is 10.7. The number of thioether (sulfide) groups is 1. The fraction of sp³-hybridized carbons (Fsp3) is 0.357. The molecule has 0 spiro atoms. The van der Waals surface area contributed by atoms with Crippen LogP contribution >= 0.6 is 39.0 Å². The topological polar surface area (TPSA) is 88.9 Å². The summed E-state index contributed by atoms with van der Waals surface area (Å²) in [6.07, 6.45) is 3.02. The minimum absolute atomic E-state index is 0.0665. The molecule has 4 heterocycles. The number of imide groups is 1. The Morgan fingerprint density at radius 2 is 1.67 bits per heavy atom. The van der Waals surface area contributed by atoms with Crippen molar-refractivity contribution in [3.63, 3.8) is 0 Å². The van der Waals surface area contributed by atoms with E-state index in [-0.39, 0.29) is 29.1 Å². The Morgan fingerprint density at radius 1 is 0.974 bits per heavy atom. The Bertz CT molecular complexity index is 1490. The molecule has 11 heteroatoms. The molecule has 2 unspecified atom stereocenters. The van der Waals surface area contributed by atoms with Crippen LogP contribution in [0.15, 0.2) is 62.8 Å². The lowest BCUT2D eigenvalue weighted by atomic mass is 9.83. The number of fused-ring (bicyclic) bond motifs is 2. The first kappa shape index (κ1) is 26.3. The number of thiazole rings is 1. The second kappa shape index (κ2) is 10.6. The number of benzene rings is 2. The van der Waals surface area contributed by atoms with Gasteiger partial charge in [-0.25, -0.2) is 4.90 Å². The quantitative estimate of drug-likeness (QED) is 0.387. The number of methoxy groups -OCH3 is 1. The number of rotatable bonds is 5. The van der Waals surface area contributed by atoms with Gasteiger partial charge in [-0.05, 0) is 61.2 Å². The van der Waals surface area contributed by atoms with Crippen molar-refractivity contribution in [2.75, 3.05) is 25.1 Å². The van der Waals surface area contributed by atoms with Gasteiger partial charge in [-0.15, -0.1) is 0 Å². The third kappa shape index (κ3) is 4.64. The minimum atomic E-state index is -0.717. The predicted molar refractivity (Wildman–Crippen MR) is 154 cm³/mol. The van der Waals surface area contributed by atoms with E-state index >= 15 is 0 Å². The molecule has 2 saturated heterocycles. The lowest BCUT2D eigenvalue weighted by Gasteiger charge is -2.31. The molecule has 39 heavy (non-hydrogen) atoms. The van der Waals surface area contributed by atoms with Crippen LogP contribution in [0.25, 0.3) is 0 Å². The van der Waals surface area contributed by atoms with E-state index in [1.165, 1.54) is 21.2 Å². The van der Waals surface area contributed by atoms with Crippen LogP contribution in [0.5, 0.6) is 5.75 Å². The van der Waals surface area contributed by atoms with E-state index in [9.17, 15) is 19.2 Å². The standard InChI is InChI=1S/C28H26BrN3O5S2/c1-37-19-11-5-16(6-12-19)21-22-23(26(35)32(25(22)34)18-9-7-17(29)8-10-18)38-27-24(21)39-28(36)31(27)15-20(33)30-13-3-2-4-14-30/h5-12,21-23H,2-4,13-15H2,1H3/t21-,22?,23?/m1/s1. The van der Waals surface area contributed by atoms with Gasteiger partial charge in [-0.3, -0.25) is 23.7 Å². The molecule has 0 radical (unpaired) electrons. The first-order valence-corrected chi connectivity index (χ1v) is 15.3. The molecule has 3 atom stereocenters. The van der Waals surface area contributed by atoms with Crippen LogP contribution < -0.4 is 14.5 Å². The number of carbonyl (C=O) groups excluding carboxylic acids is 3. The number of piperidine rings is 1. The normalized spacial score (nSPS) is 22.6. The molecular weight excluding hydrogens is 602 g/mol. The largest absolute Gasteiger partial charge is 0.497 e. The molecule has 202 valence electrons. The average molecular weight is 629 g/mol. The van der Waals surface area contributed by atoms with Gasteiger partial charge in [-0.1, -0.05) is 51.2 Å². The molecule has 3 amide bonds. The summed E-state index contributed by atoms with van der Waals surface area (Å²) in [5.41, 5.74) is 1.33. The summed E-state index contributed by atoms with van der Waals surface area (Å²) in [6.45, 7) is 1.33. The number of ether oxygens (including phenoxy) is 1. The van der Waals surface area contributed by atoms with Crippen LogP contribution in [-0.2, 0) is 20.9 Å². The second-order valence-corrected chi connectivity index (χ2v) is 12.9. The monoisotopic (exact) mass is 627 g/mol. The fourth-order valence-electron chi connectivity index (χ4n) is 5.65. The first-order valence-electron chi connectivity index (χ1n) is 12.8. The Hall–Kier alpha value is -2.89. The summed E-state index contributed by atoms with van der Waals surface area (Å²) in [6, 6.07) is 14.5. The first-order chi connectivity index (χ1) is 18.9. The van der Waals surface area contributed by atoms with E-state index in [1.807, 2.05) is 29.2 Å². The molecule has 3 aliphatic rings. The second-order valence-electron chi connectivity index (χ2n) is 9.87. The van der Waals surface area contributed by atoms with Gasteiger partial charge in [0.05, 0.1) is 23.7 Å². The van der Waals surface area contributed by atoms with Gasteiger partial charge in [0.25, 0.3) is 0 Å². The molecule has 8 nitrogen and oxygen atoms in total. The zero-order valence-electron chi connectivity index (χ0n) is 21.2. The highest BCUT2D eigenvalue weighted by molar-refractivity contribution is 9.10. The average Bonchev–Trinajstić information content (AvgIpc) is 3.40. The predicted octanol–water partition coefficient (Wildman–Crippen LogP) is 4.49. The van der Waals surface area contributed by atoms with Crippen LogP contribution in [0.3, 0.4) is 0 Å². The maximum Gasteiger partial charge on any atom is 0.308 e. The number of amides is 3. The molecule has 1 aromatic heterocycles. The molecule has 3 aromatic rings. The molecule has 0 aliphatic carbocycles. The minimum Gasteiger partial charge on any atom is -0.497 e. The number of anilines is 1. The van der Waals surface area contributed by atoms with Crippen molar-refractivity contribution >= 4 is 62.4 Å². The van der Waals surface area contributed by atoms with Crippen LogP contribution in [0, 0.1) is 5.92 Å². The summed E-state index contributed by atoms with van der Waals surface area (Å²) in [7, 11) is 1.58. The number of carbonyl (C=O) groups is 3. The Morgan fingerprint density at radius 3 is 2.33 bits per heavy atom. The molecule has 2 aromatic carbocycles. The fourth-order valence-corrected chi connectivity index (χ4v) is 8.69. The van der Waals surface area contributed by atoms with Gasteiger partial charge in [0.15, 0.2) is 0 Å². The highest BCUT2D eigenvalue weighted by atomic mass is 79.9. The zero-order valence-corrected chi connectivity index (χ0v) is 24.4. The van der Waals surface area contributed by atoms with Crippen LogP contribution in [0.1, 0.15) is 35.6 Å². The number of nitrogens with zero attached hydrogens (tertiary/aromatic N) is 3. The molecule has 6 rings (SSSR count). The van der Waals surface area contributed by atoms with E-state index in [0.29, 0.717) is 29.6 Å². The molecule has 0 bridgehead atoms. The van der Waals surface area contributed by atoms with Gasteiger partial charge in [0, 0.05) is 28.4 Å². The van der Waals surface area contributed by atoms with E-state index in [0.717, 1.165) is 45.5 Å². The van der Waals surface area contributed by atoms with Crippen molar-refractivity contribution in [1.29, 1.82) is 0 Å². The number of halogens is 1. The van der Waals surface area contributed by atoms with Gasteiger partial charge in [0.1, 0.15) is 17.5 Å². The van der Waals surface area contributed by atoms with E-state index in [4.69, 9.17) is 4.74 Å². The Balaban J connectivity index is 1.43. The third-order valence-electron chi connectivity index (χ3n) is 7.61. The molecule has 0 saturated carbocycles. The van der Waals surface area contributed by atoms with E-state index in [2.05, 4.69) is 15.9 Å². The highest BCUT2D eigenvalue weighted by Gasteiger charge is 2.56. The zero-order chi connectivity index (χ0) is 27.3. The van der Waals surface area contributed by atoms with Gasteiger partial charge >= 0.3 is 4.87 Å². The summed E-state index contributed by atoms with van der Waals surface area (Å²) in [5.74, 6) is -1.21. The highest BCUT2D eigenvalue weighted by Crippen LogP contribution is 2.54. The smallest absolute Gasteiger partial charge is 0.308 e. The molecule has 0 N–H and O–H groups in total. The van der Waals surface area contributed by atoms with Crippen molar-refractivity contribution in [2.24, 2.45) is 5.92 Å². The van der Waals surface area contributed by atoms with Crippen molar-refractivity contribution in [1.82, 2.24) is 9.47 Å². The molecule has 3 aliphatic heterocycles. The molecule has 2 fully saturated rings. The summed E-state index contributed by atoms with van der Waals surface area (Å²) < 4.78 is 7.68. The van der Waals surface area contributed by atoms with Gasteiger partial charge < -0.3 is 9.64 Å². The van der Waals surface area contributed by atoms with Crippen molar-refractivity contribution in [3.8, 4) is 5.75 Å². The SMILES string of the molecule is COc1ccc([C@H]2c3sc(=O)n(CC(=O)N4CCCCC4)c3SC3C(=O)N(c4ccc(Br)cc4)C(=O)C32)cc1. The van der Waals surface area contributed by atoms with E-state index in [1.54, 1.807) is 31.4 Å². The maximum absolute atomic E-state index is 13.9. The van der Waals surface area contributed by atoms with Crippen molar-refractivity contribution in [3.05, 3.63) is 73.1 Å². The Labute approximate surface area is 242 Å². The number of hydrogen-bond donors (Lipinski definition) is 0. The number of aromatic nitrogens is 1. The lowest BCUT2D eigenvalue weighted by Crippen LogP contribution is -2.39. The van der Waals surface area contributed by atoms with Gasteiger partial charge in [0.2, 0.25) is 17.7 Å².